The van der Waals surface area contributed by atoms with Crippen LogP contribution < -0.4 is 0 Å². The number of aldehydes is 1. The first-order chi connectivity index (χ1) is 6.26. The molecule has 0 aromatic rings. The minimum Gasteiger partial charge on any atom is -0.303 e. The van der Waals surface area contributed by atoms with Gasteiger partial charge in [-0.3, -0.25) is 4.79 Å². The molecule has 0 amide bonds. The van der Waals surface area contributed by atoms with Crippen LogP contribution in [0.1, 0.15) is 45.4 Å². The van der Waals surface area contributed by atoms with Crippen LogP contribution in [0.2, 0.25) is 0 Å². The van der Waals surface area contributed by atoms with E-state index in [1.54, 1.807) is 0 Å². The van der Waals surface area contributed by atoms with Crippen LogP contribution in [0, 0.1) is 11.8 Å². The third kappa shape index (κ3) is 3.29. The van der Waals surface area contributed by atoms with Crippen molar-refractivity contribution in [1.82, 2.24) is 0 Å². The van der Waals surface area contributed by atoms with Gasteiger partial charge >= 0.3 is 0 Å². The van der Waals surface area contributed by atoms with Gasteiger partial charge in [0.2, 0.25) is 0 Å². The smallest absolute Gasteiger partial charge is 0.132 e. The van der Waals surface area contributed by atoms with E-state index in [-0.39, 0.29) is 5.92 Å². The van der Waals surface area contributed by atoms with Gasteiger partial charge in [-0.25, -0.2) is 0 Å². The van der Waals surface area contributed by atoms with Crippen LogP contribution in [0.3, 0.4) is 0 Å². The van der Waals surface area contributed by atoms with Crippen molar-refractivity contribution in [2.75, 3.05) is 0 Å². The van der Waals surface area contributed by atoms with Crippen LogP contribution in [0.25, 0.3) is 0 Å². The highest BCUT2D eigenvalue weighted by atomic mass is 16.1. The van der Waals surface area contributed by atoms with Gasteiger partial charge in [0.15, 0.2) is 0 Å². The van der Waals surface area contributed by atoms with Gasteiger partial charge in [-0.1, -0.05) is 13.3 Å². The Labute approximate surface area is 79.7 Å². The lowest BCUT2D eigenvalue weighted by molar-refractivity contribution is -0.120. The van der Waals surface area contributed by atoms with E-state index in [1.165, 1.54) is 0 Å². The van der Waals surface area contributed by atoms with Crippen molar-refractivity contribution < 1.29 is 9.59 Å². The molecule has 1 aliphatic rings. The van der Waals surface area contributed by atoms with Gasteiger partial charge in [-0.05, 0) is 25.2 Å². The lowest BCUT2D eigenvalue weighted by atomic mass is 9.79. The Bertz CT molecular complexity index is 187. The van der Waals surface area contributed by atoms with Gasteiger partial charge in [-0.15, -0.1) is 0 Å². The number of carbonyl (C=O) groups is 2. The highest BCUT2D eigenvalue weighted by Crippen LogP contribution is 2.30. The van der Waals surface area contributed by atoms with E-state index < -0.39 is 0 Å². The molecule has 0 N–H and O–H groups in total. The Hall–Kier alpha value is -0.660. The number of Topliss-reactive ketones (excluding diaryl/α,β-unsaturated/α-hetero) is 1. The SMILES string of the molecule is CCC(=O)CC1CCC[C@@H](C=O)C1. The molecule has 0 radical (unpaired) electrons. The third-order valence-corrected chi connectivity index (χ3v) is 2.93. The molecule has 2 atom stereocenters. The van der Waals surface area contributed by atoms with Gasteiger partial charge < -0.3 is 4.79 Å². The van der Waals surface area contributed by atoms with E-state index in [9.17, 15) is 9.59 Å². The second-order valence-corrected chi connectivity index (χ2v) is 4.03. The molecule has 1 saturated carbocycles. The van der Waals surface area contributed by atoms with E-state index in [0.29, 0.717) is 24.5 Å². The second kappa shape index (κ2) is 5.15. The first kappa shape index (κ1) is 10.4. The van der Waals surface area contributed by atoms with Crippen LogP contribution >= 0.6 is 0 Å². The fourth-order valence-corrected chi connectivity index (χ4v) is 2.11. The zero-order chi connectivity index (χ0) is 9.68. The van der Waals surface area contributed by atoms with E-state index in [0.717, 1.165) is 32.0 Å². The zero-order valence-electron chi connectivity index (χ0n) is 8.29. The first-order valence-electron chi connectivity index (χ1n) is 5.23. The molecule has 2 nitrogen and oxygen atoms in total. The molecule has 0 spiro atoms. The van der Waals surface area contributed by atoms with Crippen molar-refractivity contribution in [3.8, 4) is 0 Å². The molecule has 0 aromatic carbocycles. The van der Waals surface area contributed by atoms with E-state index in [2.05, 4.69) is 0 Å². The monoisotopic (exact) mass is 182 g/mol. The number of hydrogen-bond acceptors (Lipinski definition) is 2. The van der Waals surface area contributed by atoms with Crippen molar-refractivity contribution in [1.29, 1.82) is 0 Å². The average molecular weight is 182 g/mol. The van der Waals surface area contributed by atoms with Crippen molar-refractivity contribution in [2.24, 2.45) is 11.8 Å². The Morgan fingerprint density at radius 2 is 2.23 bits per heavy atom. The lowest BCUT2D eigenvalue weighted by Crippen LogP contribution is -2.18. The molecule has 0 aliphatic heterocycles. The largest absolute Gasteiger partial charge is 0.303 e. The summed E-state index contributed by atoms with van der Waals surface area (Å²) in [5.41, 5.74) is 0. The summed E-state index contributed by atoms with van der Waals surface area (Å²) in [6.45, 7) is 1.91. The van der Waals surface area contributed by atoms with Crippen molar-refractivity contribution in [3.63, 3.8) is 0 Å². The van der Waals surface area contributed by atoms with Crippen molar-refractivity contribution in [3.05, 3.63) is 0 Å². The normalized spacial score (nSPS) is 28.4. The number of rotatable bonds is 4. The minimum atomic E-state index is 0.225. The molecule has 1 fully saturated rings. The summed E-state index contributed by atoms with van der Waals surface area (Å²) in [5.74, 6) is 1.05. The van der Waals surface area contributed by atoms with Gasteiger partial charge in [0, 0.05) is 18.8 Å². The van der Waals surface area contributed by atoms with Crippen LogP contribution in [-0.4, -0.2) is 12.1 Å². The predicted molar refractivity (Wildman–Crippen MR) is 51.4 cm³/mol. The highest BCUT2D eigenvalue weighted by molar-refractivity contribution is 5.78. The molecule has 0 bridgehead atoms. The molecule has 0 aromatic heterocycles. The predicted octanol–water partition coefficient (Wildman–Crippen LogP) is 2.36. The van der Waals surface area contributed by atoms with Gasteiger partial charge in [0.25, 0.3) is 0 Å². The maximum Gasteiger partial charge on any atom is 0.132 e. The van der Waals surface area contributed by atoms with Crippen LogP contribution in [-0.2, 0) is 9.59 Å². The van der Waals surface area contributed by atoms with Crippen LogP contribution in [0.5, 0.6) is 0 Å². The lowest BCUT2D eigenvalue weighted by Gasteiger charge is -2.25. The molecule has 1 rings (SSSR count). The highest BCUT2D eigenvalue weighted by Gasteiger charge is 2.22. The fourth-order valence-electron chi connectivity index (χ4n) is 2.11. The standard InChI is InChI=1S/C11H18O2/c1-2-11(13)7-9-4-3-5-10(6-9)8-12/h8-10H,2-7H2,1H3/t9?,10-/m1/s1. The molecule has 0 heterocycles. The second-order valence-electron chi connectivity index (χ2n) is 4.03. The first-order valence-corrected chi connectivity index (χ1v) is 5.23. The van der Waals surface area contributed by atoms with E-state index in [4.69, 9.17) is 0 Å². The molecule has 13 heavy (non-hydrogen) atoms. The molecule has 1 unspecified atom stereocenters. The van der Waals surface area contributed by atoms with E-state index in [1.807, 2.05) is 6.92 Å². The zero-order valence-corrected chi connectivity index (χ0v) is 8.29. The Morgan fingerprint density at radius 3 is 2.85 bits per heavy atom. The van der Waals surface area contributed by atoms with E-state index >= 15 is 0 Å². The van der Waals surface area contributed by atoms with Gasteiger partial charge in [0.1, 0.15) is 12.1 Å². The van der Waals surface area contributed by atoms with Crippen molar-refractivity contribution >= 4 is 12.1 Å². The minimum absolute atomic E-state index is 0.225. The summed E-state index contributed by atoms with van der Waals surface area (Å²) >= 11 is 0. The summed E-state index contributed by atoms with van der Waals surface area (Å²) in [4.78, 5) is 21.8. The van der Waals surface area contributed by atoms with Crippen molar-refractivity contribution in [2.45, 2.75) is 45.4 Å². The molecule has 74 valence electrons. The number of ketones is 1. The average Bonchev–Trinajstić information content (AvgIpc) is 2.18. The van der Waals surface area contributed by atoms with Crippen LogP contribution in [0.4, 0.5) is 0 Å². The van der Waals surface area contributed by atoms with Gasteiger partial charge in [0.05, 0.1) is 0 Å². The van der Waals surface area contributed by atoms with Gasteiger partial charge in [-0.2, -0.15) is 0 Å². The topological polar surface area (TPSA) is 34.1 Å². The molecule has 0 saturated heterocycles. The number of hydrogen-bond donors (Lipinski definition) is 0. The Kier molecular flexibility index (Phi) is 4.13. The summed E-state index contributed by atoms with van der Waals surface area (Å²) < 4.78 is 0. The molecular formula is C11H18O2. The quantitative estimate of drug-likeness (QED) is 0.625. The Morgan fingerprint density at radius 1 is 1.46 bits per heavy atom. The Balaban J connectivity index is 2.33. The summed E-state index contributed by atoms with van der Waals surface area (Å²) in [5, 5.41) is 0. The fraction of sp³-hybridized carbons (Fsp3) is 0.818. The maximum absolute atomic E-state index is 11.2. The third-order valence-electron chi connectivity index (χ3n) is 2.93. The van der Waals surface area contributed by atoms with Crippen LogP contribution in [0.15, 0.2) is 0 Å². The summed E-state index contributed by atoms with van der Waals surface area (Å²) in [6, 6.07) is 0. The molecule has 2 heteroatoms. The molecular weight excluding hydrogens is 164 g/mol. The maximum atomic E-state index is 11.2. The summed E-state index contributed by atoms with van der Waals surface area (Å²) in [7, 11) is 0. The molecule has 1 aliphatic carbocycles. The number of carbonyl (C=O) groups excluding carboxylic acids is 2. The summed E-state index contributed by atoms with van der Waals surface area (Å²) in [6.07, 6.45) is 6.61.